The molecule has 2 aromatic rings. The van der Waals surface area contributed by atoms with Gasteiger partial charge in [-0.25, -0.2) is 4.98 Å². The monoisotopic (exact) mass is 250 g/mol. The quantitative estimate of drug-likeness (QED) is 0.798. The molecule has 0 unspecified atom stereocenters. The summed E-state index contributed by atoms with van der Waals surface area (Å²) < 4.78 is 1.36. The number of amides is 1. The summed E-state index contributed by atoms with van der Waals surface area (Å²) in [6, 6.07) is 6.77. The van der Waals surface area contributed by atoms with Crippen molar-refractivity contribution in [3.8, 4) is 11.4 Å². The average molecular weight is 250 g/mol. The Bertz CT molecular complexity index is 492. The zero-order chi connectivity index (χ0) is 12.8. The van der Waals surface area contributed by atoms with Gasteiger partial charge in [-0.05, 0) is 24.9 Å². The Morgan fingerprint density at radius 2 is 1.88 bits per heavy atom. The van der Waals surface area contributed by atoms with Crippen LogP contribution in [0, 0.1) is 0 Å². The van der Waals surface area contributed by atoms with Gasteiger partial charge in [0.1, 0.15) is 6.33 Å². The van der Waals surface area contributed by atoms with Crippen molar-refractivity contribution in [2.45, 2.75) is 13.8 Å². The number of aromatic nitrogens is 3. The fourth-order valence-electron chi connectivity index (χ4n) is 1.21. The van der Waals surface area contributed by atoms with E-state index in [1.54, 1.807) is 24.3 Å². The number of hydrogen-bond donors (Lipinski definition) is 2. The molecule has 0 aliphatic heterocycles. The first-order chi connectivity index (χ1) is 8.18. The molecule has 1 heterocycles. The Labute approximate surface area is 105 Å². The van der Waals surface area contributed by atoms with Crippen LogP contribution in [0.15, 0.2) is 30.6 Å². The molecule has 2 N–H and O–H groups in total. The molecular weight excluding hydrogens is 236 g/mol. The van der Waals surface area contributed by atoms with Crippen molar-refractivity contribution < 1.29 is 4.79 Å². The van der Waals surface area contributed by atoms with E-state index in [2.05, 4.69) is 22.9 Å². The van der Waals surface area contributed by atoms with Gasteiger partial charge in [-0.3, -0.25) is 4.79 Å². The van der Waals surface area contributed by atoms with Crippen molar-refractivity contribution in [1.82, 2.24) is 14.2 Å². The molecule has 1 aromatic carbocycles. The van der Waals surface area contributed by atoms with Crippen LogP contribution >= 0.6 is 12.8 Å². The topological polar surface area (TPSA) is 73.8 Å². The molecule has 90 valence electrons. The third-order valence-electron chi connectivity index (χ3n) is 1.96. The smallest absolute Gasteiger partial charge is 0.248 e. The molecule has 0 aliphatic carbocycles. The lowest BCUT2D eigenvalue weighted by atomic mass is 10.1. The zero-order valence-corrected chi connectivity index (χ0v) is 10.6. The first-order valence-electron chi connectivity index (χ1n) is 5.18. The lowest BCUT2D eigenvalue weighted by Gasteiger charge is -2.00. The number of benzene rings is 1. The first-order valence-corrected chi connectivity index (χ1v) is 5.58. The van der Waals surface area contributed by atoms with E-state index in [-0.39, 0.29) is 0 Å². The third kappa shape index (κ3) is 3.07. The minimum absolute atomic E-state index is 0.450. The molecule has 0 saturated carbocycles. The normalized spacial score (nSPS) is 9.35. The van der Waals surface area contributed by atoms with E-state index in [1.165, 1.54) is 10.4 Å². The summed E-state index contributed by atoms with van der Waals surface area (Å²) >= 11 is 4.08. The molecule has 1 aromatic heterocycles. The summed E-state index contributed by atoms with van der Waals surface area (Å²) in [5, 5.41) is 3.83. The minimum Gasteiger partial charge on any atom is -0.366 e. The molecule has 5 nitrogen and oxygen atoms in total. The van der Waals surface area contributed by atoms with Crippen molar-refractivity contribution in [2.24, 2.45) is 5.73 Å². The summed E-state index contributed by atoms with van der Waals surface area (Å²) in [5.41, 5.74) is 6.41. The molecule has 2 rings (SSSR count). The molecule has 0 aliphatic rings. The van der Waals surface area contributed by atoms with E-state index in [1.807, 2.05) is 13.8 Å². The molecular formula is C11H14N4OS. The van der Waals surface area contributed by atoms with E-state index in [9.17, 15) is 4.79 Å². The molecule has 6 heteroatoms. The highest BCUT2D eigenvalue weighted by atomic mass is 32.1. The molecule has 0 saturated heterocycles. The lowest BCUT2D eigenvalue weighted by Crippen LogP contribution is -2.10. The maximum Gasteiger partial charge on any atom is 0.248 e. The summed E-state index contributed by atoms with van der Waals surface area (Å²) in [7, 11) is 0. The molecule has 0 fully saturated rings. The van der Waals surface area contributed by atoms with E-state index in [0.717, 1.165) is 5.56 Å². The van der Waals surface area contributed by atoms with Gasteiger partial charge in [0.15, 0.2) is 5.82 Å². The van der Waals surface area contributed by atoms with E-state index in [0.29, 0.717) is 11.4 Å². The maximum absolute atomic E-state index is 10.8. The summed E-state index contributed by atoms with van der Waals surface area (Å²) in [4.78, 5) is 14.9. The van der Waals surface area contributed by atoms with Gasteiger partial charge in [0.2, 0.25) is 5.91 Å². The van der Waals surface area contributed by atoms with Crippen LogP contribution in [0.1, 0.15) is 24.2 Å². The predicted molar refractivity (Wildman–Crippen MR) is 69.7 cm³/mol. The first kappa shape index (κ1) is 13.2. The molecule has 0 spiro atoms. The molecule has 0 bridgehead atoms. The summed E-state index contributed by atoms with van der Waals surface area (Å²) in [6.45, 7) is 4.00. The van der Waals surface area contributed by atoms with Crippen molar-refractivity contribution in [3.05, 3.63) is 36.2 Å². The highest BCUT2D eigenvalue weighted by Crippen LogP contribution is 2.17. The van der Waals surface area contributed by atoms with Gasteiger partial charge in [-0.2, -0.15) is 4.09 Å². The lowest BCUT2D eigenvalue weighted by molar-refractivity contribution is 0.100. The highest BCUT2D eigenvalue weighted by Gasteiger charge is 2.05. The Hall–Kier alpha value is -1.82. The van der Waals surface area contributed by atoms with Crippen molar-refractivity contribution in [2.75, 3.05) is 0 Å². The fraction of sp³-hybridized carbons (Fsp3) is 0.182. The average Bonchev–Trinajstić information content (AvgIpc) is 2.78. The van der Waals surface area contributed by atoms with Crippen LogP contribution in [0.3, 0.4) is 0 Å². The predicted octanol–water partition coefficient (Wildman–Crippen LogP) is 1.76. The minimum atomic E-state index is -0.450. The van der Waals surface area contributed by atoms with Crippen LogP contribution < -0.4 is 5.73 Å². The number of nitrogens with two attached hydrogens (primary N) is 1. The second-order valence-electron chi connectivity index (χ2n) is 2.91. The Morgan fingerprint density at radius 3 is 2.29 bits per heavy atom. The maximum atomic E-state index is 10.8. The zero-order valence-electron chi connectivity index (χ0n) is 9.66. The Morgan fingerprint density at radius 1 is 1.29 bits per heavy atom. The molecule has 1 amide bonds. The van der Waals surface area contributed by atoms with Crippen LogP contribution in [-0.4, -0.2) is 20.1 Å². The van der Waals surface area contributed by atoms with Crippen molar-refractivity contribution in [3.63, 3.8) is 0 Å². The van der Waals surface area contributed by atoms with Gasteiger partial charge in [0, 0.05) is 11.1 Å². The van der Waals surface area contributed by atoms with Gasteiger partial charge < -0.3 is 5.73 Å². The molecule has 0 radical (unpaired) electrons. The van der Waals surface area contributed by atoms with Crippen molar-refractivity contribution >= 4 is 18.7 Å². The largest absolute Gasteiger partial charge is 0.366 e. The van der Waals surface area contributed by atoms with Gasteiger partial charge in [0.25, 0.3) is 0 Å². The van der Waals surface area contributed by atoms with Crippen LogP contribution in [0.25, 0.3) is 11.4 Å². The van der Waals surface area contributed by atoms with E-state index >= 15 is 0 Å². The Balaban J connectivity index is 0.000000686. The van der Waals surface area contributed by atoms with Crippen LogP contribution in [0.2, 0.25) is 0 Å². The number of carbonyl (C=O) groups excluding carboxylic acids is 1. The molecule has 0 atom stereocenters. The van der Waals surface area contributed by atoms with Crippen molar-refractivity contribution in [1.29, 1.82) is 0 Å². The van der Waals surface area contributed by atoms with E-state index in [4.69, 9.17) is 5.73 Å². The van der Waals surface area contributed by atoms with Gasteiger partial charge >= 0.3 is 0 Å². The SMILES string of the molecule is CC.NC(=O)c1ccc(-c2ncnn2S)cc1. The molecule has 17 heavy (non-hydrogen) atoms. The second-order valence-corrected chi connectivity index (χ2v) is 3.29. The van der Waals surface area contributed by atoms with E-state index < -0.39 is 5.91 Å². The third-order valence-corrected chi connectivity index (χ3v) is 2.25. The van der Waals surface area contributed by atoms with Crippen LogP contribution in [0.5, 0.6) is 0 Å². The summed E-state index contributed by atoms with van der Waals surface area (Å²) in [5.74, 6) is 0.170. The van der Waals surface area contributed by atoms with Gasteiger partial charge in [-0.1, -0.05) is 26.0 Å². The summed E-state index contributed by atoms with van der Waals surface area (Å²) in [6.07, 6.45) is 1.41. The van der Waals surface area contributed by atoms with Crippen LogP contribution in [0.4, 0.5) is 0 Å². The number of nitrogens with zero attached hydrogens (tertiary/aromatic N) is 3. The Kier molecular flexibility index (Phi) is 4.71. The number of hydrogen-bond acceptors (Lipinski definition) is 4. The standard InChI is InChI=1S/C9H8N4OS.C2H6/c10-8(14)6-1-3-7(4-2-6)9-11-5-12-13(9)15;1-2/h1-5,15H,(H2,10,14);1-2H3. The number of rotatable bonds is 2. The van der Waals surface area contributed by atoms with Gasteiger partial charge in [-0.15, -0.1) is 5.10 Å². The highest BCUT2D eigenvalue weighted by molar-refractivity contribution is 7.78. The second kappa shape index (κ2) is 6.05. The van der Waals surface area contributed by atoms with Crippen LogP contribution in [-0.2, 0) is 0 Å². The number of primary amides is 1. The fourth-order valence-corrected chi connectivity index (χ4v) is 1.42. The number of thiol groups is 1. The van der Waals surface area contributed by atoms with Gasteiger partial charge in [0.05, 0.1) is 0 Å². The number of carbonyl (C=O) groups is 1.